The van der Waals surface area contributed by atoms with Gasteiger partial charge in [0.1, 0.15) is 5.52 Å². The fourth-order valence-electron chi connectivity index (χ4n) is 1.65. The van der Waals surface area contributed by atoms with E-state index in [1.54, 1.807) is 6.07 Å². The van der Waals surface area contributed by atoms with Crippen LogP contribution in [0.4, 0.5) is 11.7 Å². The minimum absolute atomic E-state index is 0.0158. The molecule has 6 nitrogen and oxygen atoms in total. The van der Waals surface area contributed by atoms with E-state index in [9.17, 15) is 10.1 Å². The lowest BCUT2D eigenvalue weighted by Gasteiger charge is -2.17. The predicted octanol–water partition coefficient (Wildman–Crippen LogP) is 3.58. The largest absolute Gasteiger partial charge is 0.424 e. The molecule has 1 N–H and O–H groups in total. The second-order valence-corrected chi connectivity index (χ2v) is 5.67. The van der Waals surface area contributed by atoms with Crippen LogP contribution in [0.2, 0.25) is 0 Å². The van der Waals surface area contributed by atoms with Crippen LogP contribution in [-0.4, -0.2) is 16.5 Å². The number of nitro benzene ring substituents is 1. The lowest BCUT2D eigenvalue weighted by atomic mass is 9.92. The van der Waals surface area contributed by atoms with E-state index in [1.807, 2.05) is 0 Å². The van der Waals surface area contributed by atoms with Crippen LogP contribution in [0.25, 0.3) is 11.1 Å². The Morgan fingerprint density at radius 2 is 2.16 bits per heavy atom. The first-order chi connectivity index (χ1) is 8.85. The quantitative estimate of drug-likeness (QED) is 0.673. The van der Waals surface area contributed by atoms with Crippen molar-refractivity contribution < 1.29 is 9.34 Å². The van der Waals surface area contributed by atoms with Crippen molar-refractivity contribution in [3.8, 4) is 0 Å². The third-order valence-electron chi connectivity index (χ3n) is 2.73. The SMILES string of the molecule is CC(C)(C)CCNc1nc2cc([N+](=O)[O-])ccc2o1. The predicted molar refractivity (Wildman–Crippen MR) is 73.2 cm³/mol. The first-order valence-corrected chi connectivity index (χ1v) is 6.14. The minimum Gasteiger partial charge on any atom is -0.424 e. The normalized spacial score (nSPS) is 11.7. The van der Waals surface area contributed by atoms with Crippen molar-refractivity contribution in [2.24, 2.45) is 5.41 Å². The fraction of sp³-hybridized carbons (Fsp3) is 0.462. The van der Waals surface area contributed by atoms with Gasteiger partial charge in [-0.3, -0.25) is 10.1 Å². The molecule has 1 aromatic carbocycles. The summed E-state index contributed by atoms with van der Waals surface area (Å²) in [7, 11) is 0. The number of hydrogen-bond donors (Lipinski definition) is 1. The second-order valence-electron chi connectivity index (χ2n) is 5.67. The van der Waals surface area contributed by atoms with Crippen LogP contribution >= 0.6 is 0 Å². The fourth-order valence-corrected chi connectivity index (χ4v) is 1.65. The number of benzene rings is 1. The van der Waals surface area contributed by atoms with Crippen LogP contribution in [0.5, 0.6) is 0 Å². The third kappa shape index (κ3) is 3.43. The molecular formula is C13H17N3O3. The van der Waals surface area contributed by atoms with Gasteiger partial charge in [-0.05, 0) is 17.9 Å². The molecule has 0 aliphatic heterocycles. The van der Waals surface area contributed by atoms with Crippen molar-refractivity contribution in [1.29, 1.82) is 0 Å². The summed E-state index contributed by atoms with van der Waals surface area (Å²) in [4.78, 5) is 14.4. The Bertz CT molecular complexity index is 599. The molecule has 0 amide bonds. The van der Waals surface area contributed by atoms with E-state index >= 15 is 0 Å². The highest BCUT2D eigenvalue weighted by Crippen LogP contribution is 2.24. The summed E-state index contributed by atoms with van der Waals surface area (Å²) >= 11 is 0. The number of fused-ring (bicyclic) bond motifs is 1. The summed E-state index contributed by atoms with van der Waals surface area (Å²) in [6.07, 6.45) is 0.978. The summed E-state index contributed by atoms with van der Waals surface area (Å²) < 4.78 is 5.47. The first-order valence-electron chi connectivity index (χ1n) is 6.14. The number of non-ortho nitro benzene ring substituents is 1. The summed E-state index contributed by atoms with van der Waals surface area (Å²) in [5.74, 6) is 0. The van der Waals surface area contributed by atoms with Gasteiger partial charge in [0, 0.05) is 18.7 Å². The average molecular weight is 263 g/mol. The zero-order valence-corrected chi connectivity index (χ0v) is 11.3. The number of rotatable bonds is 4. The van der Waals surface area contributed by atoms with Crippen molar-refractivity contribution >= 4 is 22.8 Å². The summed E-state index contributed by atoms with van der Waals surface area (Å²) in [6.45, 7) is 7.22. The molecule has 0 fully saturated rings. The molecule has 0 spiro atoms. The van der Waals surface area contributed by atoms with Gasteiger partial charge >= 0.3 is 0 Å². The van der Waals surface area contributed by atoms with Crippen LogP contribution < -0.4 is 5.32 Å². The lowest BCUT2D eigenvalue weighted by Crippen LogP contribution is -2.12. The molecule has 0 atom stereocenters. The highest BCUT2D eigenvalue weighted by atomic mass is 16.6. The van der Waals surface area contributed by atoms with Crippen LogP contribution in [-0.2, 0) is 0 Å². The molecule has 0 saturated heterocycles. The van der Waals surface area contributed by atoms with E-state index in [0.29, 0.717) is 17.1 Å². The molecule has 0 aliphatic carbocycles. The van der Waals surface area contributed by atoms with E-state index in [4.69, 9.17) is 4.42 Å². The molecule has 19 heavy (non-hydrogen) atoms. The van der Waals surface area contributed by atoms with Crippen LogP contribution in [0.3, 0.4) is 0 Å². The van der Waals surface area contributed by atoms with E-state index in [2.05, 4.69) is 31.1 Å². The molecule has 0 aliphatic rings. The Hall–Kier alpha value is -2.11. The van der Waals surface area contributed by atoms with E-state index in [1.165, 1.54) is 12.1 Å². The smallest absolute Gasteiger partial charge is 0.295 e. The molecule has 2 rings (SSSR count). The Balaban J connectivity index is 2.11. The third-order valence-corrected chi connectivity index (χ3v) is 2.73. The first kappa shape index (κ1) is 13.3. The van der Waals surface area contributed by atoms with Crippen LogP contribution in [0.15, 0.2) is 22.6 Å². The van der Waals surface area contributed by atoms with Crippen molar-refractivity contribution in [3.05, 3.63) is 28.3 Å². The highest BCUT2D eigenvalue weighted by Gasteiger charge is 2.13. The maximum absolute atomic E-state index is 10.7. The summed E-state index contributed by atoms with van der Waals surface area (Å²) in [6, 6.07) is 4.79. The van der Waals surface area contributed by atoms with Gasteiger partial charge in [0.15, 0.2) is 5.58 Å². The number of aromatic nitrogens is 1. The Labute approximate surface area is 111 Å². The summed E-state index contributed by atoms with van der Waals surface area (Å²) in [5.41, 5.74) is 1.29. The lowest BCUT2D eigenvalue weighted by molar-refractivity contribution is -0.384. The number of anilines is 1. The van der Waals surface area contributed by atoms with E-state index in [-0.39, 0.29) is 11.1 Å². The molecule has 1 heterocycles. The second kappa shape index (κ2) is 4.87. The van der Waals surface area contributed by atoms with Gasteiger partial charge < -0.3 is 9.73 Å². The zero-order valence-electron chi connectivity index (χ0n) is 11.3. The Morgan fingerprint density at radius 1 is 1.42 bits per heavy atom. The average Bonchev–Trinajstić information content (AvgIpc) is 2.68. The molecule has 0 saturated carbocycles. The van der Waals surface area contributed by atoms with Gasteiger partial charge in [-0.25, -0.2) is 0 Å². The van der Waals surface area contributed by atoms with Gasteiger partial charge in [-0.2, -0.15) is 4.98 Å². The molecule has 0 radical (unpaired) electrons. The van der Waals surface area contributed by atoms with Crippen molar-refractivity contribution in [2.45, 2.75) is 27.2 Å². The van der Waals surface area contributed by atoms with Crippen LogP contribution in [0.1, 0.15) is 27.2 Å². The topological polar surface area (TPSA) is 81.2 Å². The number of nitrogens with one attached hydrogen (secondary N) is 1. The maximum Gasteiger partial charge on any atom is 0.295 e. The number of nitrogens with zero attached hydrogens (tertiary/aromatic N) is 2. The molecule has 0 bridgehead atoms. The van der Waals surface area contributed by atoms with Gasteiger partial charge in [-0.1, -0.05) is 20.8 Å². The highest BCUT2D eigenvalue weighted by molar-refractivity contribution is 5.77. The Morgan fingerprint density at radius 3 is 2.79 bits per heavy atom. The zero-order chi connectivity index (χ0) is 14.0. The van der Waals surface area contributed by atoms with E-state index in [0.717, 1.165) is 13.0 Å². The molecular weight excluding hydrogens is 246 g/mol. The standard InChI is InChI=1S/C13H17N3O3/c1-13(2,3)6-7-14-12-15-10-8-9(16(17)18)4-5-11(10)19-12/h4-5,8H,6-7H2,1-3H3,(H,14,15). The minimum atomic E-state index is -0.444. The number of oxazole rings is 1. The number of hydrogen-bond acceptors (Lipinski definition) is 5. The monoisotopic (exact) mass is 263 g/mol. The molecule has 0 unspecified atom stereocenters. The van der Waals surface area contributed by atoms with Crippen molar-refractivity contribution in [3.63, 3.8) is 0 Å². The molecule has 2 aromatic rings. The van der Waals surface area contributed by atoms with Gasteiger partial charge in [0.25, 0.3) is 11.7 Å². The van der Waals surface area contributed by atoms with Gasteiger partial charge in [-0.15, -0.1) is 0 Å². The number of nitro groups is 1. The summed E-state index contributed by atoms with van der Waals surface area (Å²) in [5, 5.41) is 13.8. The Kier molecular flexibility index (Phi) is 3.42. The van der Waals surface area contributed by atoms with E-state index < -0.39 is 4.92 Å². The molecule has 102 valence electrons. The van der Waals surface area contributed by atoms with Crippen molar-refractivity contribution in [1.82, 2.24) is 4.98 Å². The van der Waals surface area contributed by atoms with Crippen LogP contribution in [0, 0.1) is 15.5 Å². The molecule has 1 aromatic heterocycles. The molecule has 6 heteroatoms. The van der Waals surface area contributed by atoms with Gasteiger partial charge in [0.05, 0.1) is 4.92 Å². The maximum atomic E-state index is 10.7. The van der Waals surface area contributed by atoms with Crippen molar-refractivity contribution in [2.75, 3.05) is 11.9 Å². The van der Waals surface area contributed by atoms with Gasteiger partial charge in [0.2, 0.25) is 0 Å².